The van der Waals surface area contributed by atoms with E-state index < -0.39 is 0 Å². The van der Waals surface area contributed by atoms with Crippen molar-refractivity contribution in [3.05, 3.63) is 0 Å². The summed E-state index contributed by atoms with van der Waals surface area (Å²) >= 11 is 0. The Morgan fingerprint density at radius 1 is 1.35 bits per heavy atom. The molecule has 0 bridgehead atoms. The Labute approximate surface area is 104 Å². The molecule has 2 aliphatic rings. The average Bonchev–Trinajstić information content (AvgIpc) is 2.28. The lowest BCUT2D eigenvalue weighted by Gasteiger charge is -2.55. The fourth-order valence-electron chi connectivity index (χ4n) is 3.42. The van der Waals surface area contributed by atoms with Crippen LogP contribution < -0.4 is 5.73 Å². The number of rotatable bonds is 2. The molecule has 0 aliphatic carbocycles. The van der Waals surface area contributed by atoms with Crippen LogP contribution in [-0.4, -0.2) is 55.0 Å². The quantitative estimate of drug-likeness (QED) is 0.784. The van der Waals surface area contributed by atoms with Gasteiger partial charge in [0.05, 0.1) is 19.3 Å². The number of morpholine rings is 1. The minimum atomic E-state index is 0.0781. The molecule has 0 amide bonds. The smallest absolute Gasteiger partial charge is 0.0645 e. The van der Waals surface area contributed by atoms with Crippen molar-refractivity contribution in [2.75, 3.05) is 32.9 Å². The second kappa shape index (κ2) is 4.84. The van der Waals surface area contributed by atoms with E-state index in [1.165, 1.54) is 0 Å². The van der Waals surface area contributed by atoms with Crippen molar-refractivity contribution >= 4 is 0 Å². The van der Waals surface area contributed by atoms with E-state index in [9.17, 15) is 0 Å². The fourth-order valence-corrected chi connectivity index (χ4v) is 3.42. The van der Waals surface area contributed by atoms with Crippen LogP contribution in [-0.2, 0) is 9.47 Å². The highest BCUT2D eigenvalue weighted by atomic mass is 16.5. The summed E-state index contributed by atoms with van der Waals surface area (Å²) in [5.74, 6) is 0. The van der Waals surface area contributed by atoms with Gasteiger partial charge in [-0.15, -0.1) is 0 Å². The summed E-state index contributed by atoms with van der Waals surface area (Å²) < 4.78 is 11.3. The lowest BCUT2D eigenvalue weighted by atomic mass is 9.81. The molecule has 2 heterocycles. The van der Waals surface area contributed by atoms with Crippen molar-refractivity contribution in [3.63, 3.8) is 0 Å². The minimum Gasteiger partial charge on any atom is -0.378 e. The van der Waals surface area contributed by atoms with Crippen LogP contribution in [0, 0.1) is 0 Å². The van der Waals surface area contributed by atoms with Crippen LogP contribution in [0.25, 0.3) is 0 Å². The number of hydrogen-bond acceptors (Lipinski definition) is 4. The van der Waals surface area contributed by atoms with Gasteiger partial charge in [0.15, 0.2) is 0 Å². The minimum absolute atomic E-state index is 0.0781. The summed E-state index contributed by atoms with van der Waals surface area (Å²) in [6.45, 7) is 10.8. The molecular weight excluding hydrogens is 216 g/mol. The van der Waals surface area contributed by atoms with Crippen molar-refractivity contribution in [1.29, 1.82) is 0 Å². The zero-order valence-electron chi connectivity index (χ0n) is 11.4. The predicted molar refractivity (Wildman–Crippen MR) is 68.0 cm³/mol. The van der Waals surface area contributed by atoms with Gasteiger partial charge in [-0.25, -0.2) is 0 Å². The van der Waals surface area contributed by atoms with Gasteiger partial charge < -0.3 is 15.2 Å². The first-order valence-electron chi connectivity index (χ1n) is 6.67. The van der Waals surface area contributed by atoms with Crippen LogP contribution in [0.3, 0.4) is 0 Å². The molecule has 0 aromatic rings. The van der Waals surface area contributed by atoms with Gasteiger partial charge in [0.25, 0.3) is 0 Å². The van der Waals surface area contributed by atoms with Crippen LogP contribution in [0.4, 0.5) is 0 Å². The van der Waals surface area contributed by atoms with Crippen molar-refractivity contribution in [2.24, 2.45) is 5.73 Å². The monoisotopic (exact) mass is 242 g/mol. The zero-order chi connectivity index (χ0) is 12.5. The summed E-state index contributed by atoms with van der Waals surface area (Å²) in [5.41, 5.74) is 6.29. The third-order valence-electron chi connectivity index (χ3n) is 4.23. The van der Waals surface area contributed by atoms with Gasteiger partial charge in [-0.1, -0.05) is 0 Å². The standard InChI is InChI=1S/C13H26N2O2/c1-11-8-13(9-14,4-6-17-11)15-5-7-16-10-12(15,2)3/h11H,4-10,14H2,1-3H3. The van der Waals surface area contributed by atoms with Gasteiger partial charge in [-0.3, -0.25) is 4.90 Å². The van der Waals surface area contributed by atoms with Gasteiger partial charge in [-0.2, -0.15) is 0 Å². The molecule has 2 unspecified atom stereocenters. The third kappa shape index (κ3) is 2.50. The highest BCUT2D eigenvalue weighted by molar-refractivity contribution is 5.02. The van der Waals surface area contributed by atoms with Crippen LogP contribution in [0.15, 0.2) is 0 Å². The molecule has 0 aromatic carbocycles. The molecule has 2 rings (SSSR count). The van der Waals surface area contributed by atoms with Crippen LogP contribution in [0.5, 0.6) is 0 Å². The molecule has 4 heteroatoms. The Kier molecular flexibility index (Phi) is 3.78. The second-order valence-corrected chi connectivity index (χ2v) is 6.08. The number of hydrogen-bond donors (Lipinski definition) is 1. The van der Waals surface area contributed by atoms with Gasteiger partial charge >= 0.3 is 0 Å². The van der Waals surface area contributed by atoms with Gasteiger partial charge in [0.1, 0.15) is 0 Å². The molecule has 17 heavy (non-hydrogen) atoms. The molecule has 2 N–H and O–H groups in total. The molecule has 4 nitrogen and oxygen atoms in total. The number of ether oxygens (including phenoxy) is 2. The van der Waals surface area contributed by atoms with E-state index in [1.807, 2.05) is 0 Å². The Balaban J connectivity index is 2.20. The van der Waals surface area contributed by atoms with E-state index in [-0.39, 0.29) is 11.1 Å². The predicted octanol–water partition coefficient (Wildman–Crippen LogP) is 0.994. The van der Waals surface area contributed by atoms with E-state index >= 15 is 0 Å². The second-order valence-electron chi connectivity index (χ2n) is 6.08. The summed E-state index contributed by atoms with van der Waals surface area (Å²) in [6.07, 6.45) is 2.38. The highest BCUT2D eigenvalue weighted by Crippen LogP contribution is 2.36. The van der Waals surface area contributed by atoms with Crippen LogP contribution in [0.1, 0.15) is 33.6 Å². The highest BCUT2D eigenvalue weighted by Gasteiger charge is 2.46. The summed E-state index contributed by atoms with van der Waals surface area (Å²) in [6, 6.07) is 0. The van der Waals surface area contributed by atoms with E-state index in [2.05, 4.69) is 25.7 Å². The molecule has 2 saturated heterocycles. The van der Waals surface area contributed by atoms with E-state index in [0.717, 1.165) is 39.2 Å². The third-order valence-corrected chi connectivity index (χ3v) is 4.23. The maximum Gasteiger partial charge on any atom is 0.0645 e. The first-order valence-corrected chi connectivity index (χ1v) is 6.67. The molecule has 2 aliphatic heterocycles. The Morgan fingerprint density at radius 3 is 2.71 bits per heavy atom. The summed E-state index contributed by atoms with van der Waals surface area (Å²) in [4.78, 5) is 2.57. The van der Waals surface area contributed by atoms with E-state index in [0.29, 0.717) is 12.6 Å². The fraction of sp³-hybridized carbons (Fsp3) is 1.00. The maximum atomic E-state index is 6.11. The van der Waals surface area contributed by atoms with Crippen molar-refractivity contribution in [1.82, 2.24) is 4.90 Å². The molecule has 0 radical (unpaired) electrons. The molecule has 0 saturated carbocycles. The average molecular weight is 242 g/mol. The number of nitrogens with zero attached hydrogens (tertiary/aromatic N) is 1. The zero-order valence-corrected chi connectivity index (χ0v) is 11.4. The molecule has 0 aromatic heterocycles. The van der Waals surface area contributed by atoms with Crippen molar-refractivity contribution in [2.45, 2.75) is 50.8 Å². The molecule has 2 atom stereocenters. The van der Waals surface area contributed by atoms with Crippen LogP contribution in [0.2, 0.25) is 0 Å². The number of nitrogens with two attached hydrogens (primary N) is 1. The lowest BCUT2D eigenvalue weighted by molar-refractivity contribution is -0.143. The van der Waals surface area contributed by atoms with Gasteiger partial charge in [-0.05, 0) is 33.6 Å². The lowest BCUT2D eigenvalue weighted by Crippen LogP contribution is -2.68. The van der Waals surface area contributed by atoms with Crippen molar-refractivity contribution in [3.8, 4) is 0 Å². The first-order chi connectivity index (χ1) is 8.00. The molecule has 2 fully saturated rings. The van der Waals surface area contributed by atoms with E-state index in [4.69, 9.17) is 15.2 Å². The maximum absolute atomic E-state index is 6.11. The Bertz CT molecular complexity index is 270. The Hall–Kier alpha value is -0.160. The SMILES string of the molecule is CC1CC(CN)(N2CCOCC2(C)C)CCO1. The normalized spacial score (nSPS) is 39.2. The summed E-state index contributed by atoms with van der Waals surface area (Å²) in [5, 5.41) is 0. The topological polar surface area (TPSA) is 47.7 Å². The van der Waals surface area contributed by atoms with Gasteiger partial charge in [0, 0.05) is 30.8 Å². The van der Waals surface area contributed by atoms with Crippen LogP contribution >= 0.6 is 0 Å². The van der Waals surface area contributed by atoms with E-state index in [1.54, 1.807) is 0 Å². The first kappa shape index (κ1) is 13.3. The molecular formula is C13H26N2O2. The summed E-state index contributed by atoms with van der Waals surface area (Å²) in [7, 11) is 0. The van der Waals surface area contributed by atoms with Crippen molar-refractivity contribution < 1.29 is 9.47 Å². The largest absolute Gasteiger partial charge is 0.378 e. The molecule has 100 valence electrons. The molecule has 0 spiro atoms. The Morgan fingerprint density at radius 2 is 2.12 bits per heavy atom. The van der Waals surface area contributed by atoms with Gasteiger partial charge in [0.2, 0.25) is 0 Å².